The summed E-state index contributed by atoms with van der Waals surface area (Å²) in [7, 11) is 1.61. The fourth-order valence-corrected chi connectivity index (χ4v) is 1.90. The van der Waals surface area contributed by atoms with Crippen LogP contribution in [0.1, 0.15) is 26.2 Å². The van der Waals surface area contributed by atoms with Gasteiger partial charge in [-0.25, -0.2) is 4.79 Å². The maximum atomic E-state index is 11.7. The summed E-state index contributed by atoms with van der Waals surface area (Å²) in [6, 6.07) is 5.40. The number of rotatable bonds is 5. The van der Waals surface area contributed by atoms with Gasteiger partial charge in [0.25, 0.3) is 0 Å². The molecule has 4 heteroatoms. The summed E-state index contributed by atoms with van der Waals surface area (Å²) in [4.78, 5) is 11.7. The second-order valence-electron chi connectivity index (χ2n) is 4.06. The van der Waals surface area contributed by atoms with Crippen molar-refractivity contribution in [2.75, 3.05) is 7.11 Å². The molecule has 0 N–H and O–H groups in total. The van der Waals surface area contributed by atoms with E-state index in [9.17, 15) is 4.79 Å². The minimum absolute atomic E-state index is 0.288. The van der Waals surface area contributed by atoms with Crippen LogP contribution in [-0.4, -0.2) is 11.7 Å². The van der Waals surface area contributed by atoms with Gasteiger partial charge in [0.2, 0.25) is 0 Å². The number of aromatic nitrogens is 1. The zero-order valence-corrected chi connectivity index (χ0v) is 10.2. The van der Waals surface area contributed by atoms with Gasteiger partial charge in [0.15, 0.2) is 5.58 Å². The number of hydrogen-bond acceptors (Lipinski definition) is 3. The smallest absolute Gasteiger partial charge is 0.419 e. The summed E-state index contributed by atoms with van der Waals surface area (Å²) < 4.78 is 12.0. The maximum absolute atomic E-state index is 11.7. The second kappa shape index (κ2) is 5.08. The van der Waals surface area contributed by atoms with Crippen LogP contribution >= 0.6 is 0 Å². The molecule has 0 fully saturated rings. The van der Waals surface area contributed by atoms with E-state index in [2.05, 4.69) is 6.92 Å². The lowest BCUT2D eigenvalue weighted by atomic mass is 10.2. The minimum Gasteiger partial charge on any atom is -0.497 e. The van der Waals surface area contributed by atoms with Crippen LogP contribution in [0.4, 0.5) is 0 Å². The molecular weight excluding hydrogens is 218 g/mol. The number of oxazole rings is 1. The second-order valence-corrected chi connectivity index (χ2v) is 4.06. The quantitative estimate of drug-likeness (QED) is 0.748. The highest BCUT2D eigenvalue weighted by Crippen LogP contribution is 2.20. The fourth-order valence-electron chi connectivity index (χ4n) is 1.90. The van der Waals surface area contributed by atoms with Gasteiger partial charge in [-0.15, -0.1) is 0 Å². The molecule has 0 unspecified atom stereocenters. The standard InChI is InChI=1S/C13H17NO3/c1-3-4-5-8-14-11-9-10(16-2)6-7-12(11)17-13(14)15/h6-7,9H,3-5,8H2,1-2H3. The van der Waals surface area contributed by atoms with Crippen molar-refractivity contribution in [2.24, 2.45) is 0 Å². The highest BCUT2D eigenvalue weighted by Gasteiger charge is 2.09. The van der Waals surface area contributed by atoms with Crippen molar-refractivity contribution in [1.82, 2.24) is 4.57 Å². The maximum Gasteiger partial charge on any atom is 0.419 e. The third kappa shape index (κ3) is 2.35. The van der Waals surface area contributed by atoms with Gasteiger partial charge >= 0.3 is 5.76 Å². The highest BCUT2D eigenvalue weighted by molar-refractivity contribution is 5.74. The molecule has 0 amide bonds. The Balaban J connectivity index is 2.38. The molecule has 2 rings (SSSR count). The molecule has 0 spiro atoms. The normalized spacial score (nSPS) is 10.9. The molecule has 1 aromatic heterocycles. The number of unbranched alkanes of at least 4 members (excludes halogenated alkanes) is 2. The molecule has 0 aliphatic rings. The number of fused-ring (bicyclic) bond motifs is 1. The molecule has 0 saturated heterocycles. The summed E-state index contributed by atoms with van der Waals surface area (Å²) in [5, 5.41) is 0. The molecule has 0 aliphatic carbocycles. The Kier molecular flexibility index (Phi) is 3.52. The van der Waals surface area contributed by atoms with E-state index in [-0.39, 0.29) is 5.76 Å². The SMILES string of the molecule is CCCCCn1c(=O)oc2ccc(OC)cc21. The predicted molar refractivity (Wildman–Crippen MR) is 66.6 cm³/mol. The summed E-state index contributed by atoms with van der Waals surface area (Å²) >= 11 is 0. The van der Waals surface area contributed by atoms with Gasteiger partial charge in [0.05, 0.1) is 12.6 Å². The lowest BCUT2D eigenvalue weighted by Crippen LogP contribution is -2.14. The number of methoxy groups -OCH3 is 1. The third-order valence-electron chi connectivity index (χ3n) is 2.86. The molecule has 0 bridgehead atoms. The van der Waals surface area contributed by atoms with E-state index in [0.717, 1.165) is 30.5 Å². The first-order chi connectivity index (χ1) is 8.26. The molecular formula is C13H17NO3. The van der Waals surface area contributed by atoms with Crippen LogP contribution < -0.4 is 10.5 Å². The van der Waals surface area contributed by atoms with Crippen LogP contribution in [0.3, 0.4) is 0 Å². The number of nitrogens with zero attached hydrogens (tertiary/aromatic N) is 1. The van der Waals surface area contributed by atoms with E-state index in [1.165, 1.54) is 0 Å². The molecule has 0 atom stereocenters. The Hall–Kier alpha value is -1.71. The van der Waals surface area contributed by atoms with Crippen LogP contribution in [0.25, 0.3) is 11.1 Å². The van der Waals surface area contributed by atoms with Gasteiger partial charge in [-0.1, -0.05) is 19.8 Å². The number of aryl methyl sites for hydroxylation is 1. The summed E-state index contributed by atoms with van der Waals surface area (Å²) in [6.07, 6.45) is 3.24. The largest absolute Gasteiger partial charge is 0.497 e. The average Bonchev–Trinajstić information content (AvgIpc) is 2.65. The molecule has 92 valence electrons. The van der Waals surface area contributed by atoms with Crippen molar-refractivity contribution in [3.8, 4) is 5.75 Å². The van der Waals surface area contributed by atoms with Gasteiger partial charge in [-0.2, -0.15) is 0 Å². The van der Waals surface area contributed by atoms with Crippen LogP contribution in [0.5, 0.6) is 5.75 Å². The van der Waals surface area contributed by atoms with Crippen molar-refractivity contribution in [2.45, 2.75) is 32.7 Å². The Bertz CT molecular complexity index is 553. The van der Waals surface area contributed by atoms with Gasteiger partial charge < -0.3 is 9.15 Å². The van der Waals surface area contributed by atoms with Crippen molar-refractivity contribution < 1.29 is 9.15 Å². The first-order valence-corrected chi connectivity index (χ1v) is 5.93. The first-order valence-electron chi connectivity index (χ1n) is 5.93. The molecule has 17 heavy (non-hydrogen) atoms. The molecule has 1 heterocycles. The number of ether oxygens (including phenoxy) is 1. The molecule has 0 saturated carbocycles. The van der Waals surface area contributed by atoms with Gasteiger partial charge in [0.1, 0.15) is 5.75 Å². The topological polar surface area (TPSA) is 44.4 Å². The van der Waals surface area contributed by atoms with E-state index in [4.69, 9.17) is 9.15 Å². The third-order valence-corrected chi connectivity index (χ3v) is 2.86. The molecule has 4 nitrogen and oxygen atoms in total. The highest BCUT2D eigenvalue weighted by atomic mass is 16.5. The van der Waals surface area contributed by atoms with E-state index >= 15 is 0 Å². The number of benzene rings is 1. The summed E-state index contributed by atoms with van der Waals surface area (Å²) in [5.74, 6) is 0.451. The van der Waals surface area contributed by atoms with Crippen molar-refractivity contribution in [1.29, 1.82) is 0 Å². The first kappa shape index (κ1) is 11.8. The number of hydrogen-bond donors (Lipinski definition) is 0. The van der Waals surface area contributed by atoms with Crippen LogP contribution in [0, 0.1) is 0 Å². The van der Waals surface area contributed by atoms with Crippen LogP contribution in [0.2, 0.25) is 0 Å². The molecule has 0 aliphatic heterocycles. The van der Waals surface area contributed by atoms with Gasteiger partial charge in [0, 0.05) is 12.6 Å². The van der Waals surface area contributed by atoms with Gasteiger partial charge in [-0.05, 0) is 18.6 Å². The monoisotopic (exact) mass is 235 g/mol. The molecule has 0 radical (unpaired) electrons. The summed E-state index contributed by atoms with van der Waals surface area (Å²) in [5.41, 5.74) is 1.43. The van der Waals surface area contributed by atoms with E-state index in [1.54, 1.807) is 23.8 Å². The summed E-state index contributed by atoms with van der Waals surface area (Å²) in [6.45, 7) is 2.84. The average molecular weight is 235 g/mol. The molecule has 1 aromatic carbocycles. The zero-order valence-electron chi connectivity index (χ0n) is 10.2. The minimum atomic E-state index is -0.288. The van der Waals surface area contributed by atoms with Crippen molar-refractivity contribution in [3.63, 3.8) is 0 Å². The van der Waals surface area contributed by atoms with Crippen molar-refractivity contribution in [3.05, 3.63) is 28.7 Å². The van der Waals surface area contributed by atoms with Crippen LogP contribution in [-0.2, 0) is 6.54 Å². The van der Waals surface area contributed by atoms with Gasteiger partial charge in [-0.3, -0.25) is 4.57 Å². The van der Waals surface area contributed by atoms with Crippen molar-refractivity contribution >= 4 is 11.1 Å². The predicted octanol–water partition coefficient (Wildman–Crippen LogP) is 2.79. The Morgan fingerprint density at radius 3 is 2.88 bits per heavy atom. The Morgan fingerprint density at radius 2 is 2.18 bits per heavy atom. The lowest BCUT2D eigenvalue weighted by Gasteiger charge is -2.02. The molecule has 2 aromatic rings. The van der Waals surface area contributed by atoms with Crippen LogP contribution in [0.15, 0.2) is 27.4 Å². The van der Waals surface area contributed by atoms with E-state index < -0.39 is 0 Å². The Morgan fingerprint density at radius 1 is 1.35 bits per heavy atom. The zero-order chi connectivity index (χ0) is 12.3. The lowest BCUT2D eigenvalue weighted by molar-refractivity contribution is 0.415. The Labute approximate surface area is 99.8 Å². The fraction of sp³-hybridized carbons (Fsp3) is 0.462. The van der Waals surface area contributed by atoms with E-state index in [1.807, 2.05) is 6.07 Å². The van der Waals surface area contributed by atoms with E-state index in [0.29, 0.717) is 12.1 Å².